The third-order valence-corrected chi connectivity index (χ3v) is 4.68. The number of hydrogen-bond donors (Lipinski definition) is 1. The van der Waals surface area contributed by atoms with Crippen LogP contribution in [0.25, 0.3) is 21.8 Å². The Kier molecular flexibility index (Phi) is 4.47. The zero-order chi connectivity index (χ0) is 18.8. The van der Waals surface area contributed by atoms with Crippen molar-refractivity contribution in [2.75, 3.05) is 0 Å². The molecule has 1 aromatic heterocycles. The summed E-state index contributed by atoms with van der Waals surface area (Å²) in [6.45, 7) is 6.46. The maximum absolute atomic E-state index is 11.9. The van der Waals surface area contributed by atoms with Crippen molar-refractivity contribution in [2.24, 2.45) is 0 Å². The summed E-state index contributed by atoms with van der Waals surface area (Å²) in [6, 6.07) is 22.9. The second-order valence-corrected chi connectivity index (χ2v) is 6.75. The molecule has 1 N–H and O–H groups in total. The average Bonchev–Trinajstić information content (AvgIpc) is 3.03. The van der Waals surface area contributed by atoms with Crippen LogP contribution in [0.3, 0.4) is 0 Å². The molecule has 4 heteroatoms. The molecule has 0 radical (unpaired) electrons. The quantitative estimate of drug-likeness (QED) is 0.538. The zero-order valence-corrected chi connectivity index (χ0v) is 15.3. The SMILES string of the molecule is C=C(C)C(=O)NCc1nc2ccccc2n1Cc1ccc2ccccc2c1. The molecule has 0 spiro atoms. The normalized spacial score (nSPS) is 11.0. The molecule has 4 rings (SSSR count). The van der Waals surface area contributed by atoms with Crippen LogP contribution >= 0.6 is 0 Å². The van der Waals surface area contributed by atoms with Crippen molar-refractivity contribution < 1.29 is 4.79 Å². The van der Waals surface area contributed by atoms with E-state index >= 15 is 0 Å². The smallest absolute Gasteiger partial charge is 0.246 e. The van der Waals surface area contributed by atoms with Crippen LogP contribution in [0.2, 0.25) is 0 Å². The van der Waals surface area contributed by atoms with E-state index in [9.17, 15) is 4.79 Å². The van der Waals surface area contributed by atoms with Crippen LogP contribution in [0.1, 0.15) is 18.3 Å². The lowest BCUT2D eigenvalue weighted by Crippen LogP contribution is -2.25. The molecular weight excluding hydrogens is 334 g/mol. The molecule has 0 fully saturated rings. The van der Waals surface area contributed by atoms with Crippen molar-refractivity contribution in [1.82, 2.24) is 14.9 Å². The lowest BCUT2D eigenvalue weighted by Gasteiger charge is -2.11. The van der Waals surface area contributed by atoms with Gasteiger partial charge in [-0.3, -0.25) is 4.79 Å². The second kappa shape index (κ2) is 7.08. The number of nitrogens with zero attached hydrogens (tertiary/aromatic N) is 2. The molecule has 27 heavy (non-hydrogen) atoms. The summed E-state index contributed by atoms with van der Waals surface area (Å²) in [6.07, 6.45) is 0. The number of rotatable bonds is 5. The number of nitrogens with one attached hydrogen (secondary N) is 1. The van der Waals surface area contributed by atoms with Crippen molar-refractivity contribution >= 4 is 27.7 Å². The van der Waals surface area contributed by atoms with Crippen LogP contribution in [-0.4, -0.2) is 15.5 Å². The fourth-order valence-corrected chi connectivity index (χ4v) is 3.27. The van der Waals surface area contributed by atoms with Gasteiger partial charge in [0, 0.05) is 12.1 Å². The van der Waals surface area contributed by atoms with Gasteiger partial charge in [0.2, 0.25) is 5.91 Å². The lowest BCUT2D eigenvalue weighted by molar-refractivity contribution is -0.117. The Balaban J connectivity index is 1.71. The molecule has 4 nitrogen and oxygen atoms in total. The van der Waals surface area contributed by atoms with Gasteiger partial charge in [0.15, 0.2) is 0 Å². The standard InChI is InChI=1S/C23H21N3O/c1-16(2)23(27)24-14-22-25-20-9-5-6-10-21(20)26(22)15-17-11-12-18-7-3-4-8-19(18)13-17/h3-13H,1,14-15H2,2H3,(H,24,27). The summed E-state index contributed by atoms with van der Waals surface area (Å²) in [5.41, 5.74) is 3.68. The topological polar surface area (TPSA) is 46.9 Å². The highest BCUT2D eigenvalue weighted by Crippen LogP contribution is 2.21. The first-order chi connectivity index (χ1) is 13.1. The third kappa shape index (κ3) is 3.47. The Morgan fingerprint density at radius 3 is 2.59 bits per heavy atom. The van der Waals surface area contributed by atoms with E-state index in [1.54, 1.807) is 6.92 Å². The van der Waals surface area contributed by atoms with Crippen molar-refractivity contribution in [3.8, 4) is 0 Å². The highest BCUT2D eigenvalue weighted by atomic mass is 16.1. The van der Waals surface area contributed by atoms with Gasteiger partial charge in [-0.1, -0.05) is 55.1 Å². The van der Waals surface area contributed by atoms with E-state index in [1.807, 2.05) is 24.3 Å². The largest absolute Gasteiger partial charge is 0.345 e. The van der Waals surface area contributed by atoms with Crippen LogP contribution in [0.4, 0.5) is 0 Å². The minimum Gasteiger partial charge on any atom is -0.345 e. The molecule has 4 aromatic rings. The van der Waals surface area contributed by atoms with Gasteiger partial charge >= 0.3 is 0 Å². The van der Waals surface area contributed by atoms with Crippen LogP contribution in [0.15, 0.2) is 78.9 Å². The summed E-state index contributed by atoms with van der Waals surface area (Å²) in [5, 5.41) is 5.34. The highest BCUT2D eigenvalue weighted by Gasteiger charge is 2.12. The Hall–Kier alpha value is -3.40. The van der Waals surface area contributed by atoms with Gasteiger partial charge in [0.05, 0.1) is 17.6 Å². The molecular formula is C23H21N3O. The molecule has 0 saturated heterocycles. The Bertz CT molecular complexity index is 1160. The van der Waals surface area contributed by atoms with E-state index in [2.05, 4.69) is 58.9 Å². The minimum absolute atomic E-state index is 0.153. The van der Waals surface area contributed by atoms with Crippen LogP contribution in [-0.2, 0) is 17.9 Å². The van der Waals surface area contributed by atoms with Crippen molar-refractivity contribution in [1.29, 1.82) is 0 Å². The fourth-order valence-electron chi connectivity index (χ4n) is 3.27. The summed E-state index contributed by atoms with van der Waals surface area (Å²) < 4.78 is 2.16. The molecule has 134 valence electrons. The number of carbonyl (C=O) groups excluding carboxylic acids is 1. The van der Waals surface area contributed by atoms with E-state index < -0.39 is 0 Å². The van der Waals surface area contributed by atoms with Crippen molar-refractivity contribution in [3.05, 3.63) is 90.3 Å². The van der Waals surface area contributed by atoms with Gasteiger partial charge < -0.3 is 9.88 Å². The number of amides is 1. The summed E-state index contributed by atoms with van der Waals surface area (Å²) in [5.74, 6) is 0.679. The second-order valence-electron chi connectivity index (χ2n) is 6.75. The number of aromatic nitrogens is 2. The number of benzene rings is 3. The maximum atomic E-state index is 11.9. The number of para-hydroxylation sites is 2. The highest BCUT2D eigenvalue weighted by molar-refractivity contribution is 5.92. The van der Waals surface area contributed by atoms with Crippen LogP contribution < -0.4 is 5.32 Å². The Morgan fingerprint density at radius 1 is 1.04 bits per heavy atom. The molecule has 0 atom stereocenters. The Labute approximate surface area is 158 Å². The summed E-state index contributed by atoms with van der Waals surface area (Å²) in [7, 11) is 0. The monoisotopic (exact) mass is 355 g/mol. The molecule has 0 aliphatic carbocycles. The number of carbonyl (C=O) groups is 1. The molecule has 1 heterocycles. The van der Waals surface area contributed by atoms with E-state index in [0.717, 1.165) is 16.9 Å². The van der Waals surface area contributed by atoms with E-state index in [1.165, 1.54) is 16.3 Å². The van der Waals surface area contributed by atoms with Crippen molar-refractivity contribution in [2.45, 2.75) is 20.0 Å². The van der Waals surface area contributed by atoms with Gasteiger partial charge in [-0.25, -0.2) is 4.98 Å². The van der Waals surface area contributed by atoms with Gasteiger partial charge in [0.25, 0.3) is 0 Å². The predicted molar refractivity (Wildman–Crippen MR) is 109 cm³/mol. The van der Waals surface area contributed by atoms with E-state index in [-0.39, 0.29) is 5.91 Å². The predicted octanol–water partition coefficient (Wildman–Crippen LogP) is 4.43. The molecule has 0 saturated carbocycles. The molecule has 0 aliphatic heterocycles. The lowest BCUT2D eigenvalue weighted by atomic mass is 10.1. The average molecular weight is 355 g/mol. The molecule has 0 unspecified atom stereocenters. The fraction of sp³-hybridized carbons (Fsp3) is 0.130. The number of fused-ring (bicyclic) bond motifs is 2. The van der Waals surface area contributed by atoms with Crippen LogP contribution in [0, 0.1) is 0 Å². The summed E-state index contributed by atoms with van der Waals surface area (Å²) in [4.78, 5) is 16.6. The van der Waals surface area contributed by atoms with Gasteiger partial charge in [-0.2, -0.15) is 0 Å². The molecule has 0 bridgehead atoms. The summed E-state index contributed by atoms with van der Waals surface area (Å²) >= 11 is 0. The number of imidazole rings is 1. The number of hydrogen-bond acceptors (Lipinski definition) is 2. The van der Waals surface area contributed by atoms with Gasteiger partial charge in [0.1, 0.15) is 5.82 Å². The molecule has 1 amide bonds. The van der Waals surface area contributed by atoms with E-state index in [4.69, 9.17) is 4.98 Å². The Morgan fingerprint density at radius 2 is 1.78 bits per heavy atom. The zero-order valence-electron chi connectivity index (χ0n) is 15.3. The first kappa shape index (κ1) is 17.0. The molecule has 0 aliphatic rings. The van der Waals surface area contributed by atoms with Gasteiger partial charge in [-0.05, 0) is 41.5 Å². The maximum Gasteiger partial charge on any atom is 0.246 e. The van der Waals surface area contributed by atoms with E-state index in [0.29, 0.717) is 18.7 Å². The minimum atomic E-state index is -0.153. The molecule has 3 aromatic carbocycles. The first-order valence-corrected chi connectivity index (χ1v) is 8.97. The third-order valence-electron chi connectivity index (χ3n) is 4.68. The van der Waals surface area contributed by atoms with Crippen molar-refractivity contribution in [3.63, 3.8) is 0 Å². The first-order valence-electron chi connectivity index (χ1n) is 8.97. The van der Waals surface area contributed by atoms with Crippen LogP contribution in [0.5, 0.6) is 0 Å². The van der Waals surface area contributed by atoms with Gasteiger partial charge in [-0.15, -0.1) is 0 Å².